The predicted octanol–water partition coefficient (Wildman–Crippen LogP) is 3.29. The number of hydrogen-bond acceptors (Lipinski definition) is 4. The van der Waals surface area contributed by atoms with E-state index in [1.807, 2.05) is 55.5 Å². The van der Waals surface area contributed by atoms with Gasteiger partial charge in [0.05, 0.1) is 11.7 Å². The Balaban J connectivity index is 1.53. The van der Waals surface area contributed by atoms with Crippen molar-refractivity contribution in [1.82, 2.24) is 20.1 Å². The first-order chi connectivity index (χ1) is 12.1. The van der Waals surface area contributed by atoms with E-state index in [1.54, 1.807) is 11.0 Å². The summed E-state index contributed by atoms with van der Waals surface area (Å²) in [5.74, 6) is 0.485. The molecule has 1 N–H and O–H groups in total. The van der Waals surface area contributed by atoms with Crippen LogP contribution in [-0.2, 0) is 4.79 Å². The summed E-state index contributed by atoms with van der Waals surface area (Å²) in [6.45, 7) is 1.91. The van der Waals surface area contributed by atoms with E-state index in [-0.39, 0.29) is 18.6 Å². The zero-order chi connectivity index (χ0) is 17.6. The number of halogens is 1. The van der Waals surface area contributed by atoms with Crippen LogP contribution >= 0.6 is 15.9 Å². The number of rotatable bonds is 6. The van der Waals surface area contributed by atoms with E-state index in [0.29, 0.717) is 5.75 Å². The maximum Gasteiger partial charge on any atom is 0.258 e. The molecule has 1 unspecified atom stereocenters. The minimum atomic E-state index is -0.171. The standard InChI is InChI=1S/C18H17BrN4O2/c1-13(14-2-6-16(7-3-14)23-12-20-11-21-23)22-18(24)10-25-17-8-4-15(19)5-9-17/h2-9,11-13H,10H2,1H3,(H,22,24). The van der Waals surface area contributed by atoms with Gasteiger partial charge >= 0.3 is 0 Å². The Morgan fingerprint density at radius 1 is 1.20 bits per heavy atom. The first-order valence-corrected chi connectivity index (χ1v) is 8.54. The number of carbonyl (C=O) groups is 1. The molecular formula is C18H17BrN4O2. The zero-order valence-corrected chi connectivity index (χ0v) is 15.2. The molecular weight excluding hydrogens is 384 g/mol. The first kappa shape index (κ1) is 17.2. The van der Waals surface area contributed by atoms with Gasteiger partial charge in [-0.3, -0.25) is 4.79 Å². The van der Waals surface area contributed by atoms with Gasteiger partial charge in [-0.25, -0.2) is 9.67 Å². The molecule has 1 aromatic heterocycles. The molecule has 0 saturated heterocycles. The van der Waals surface area contributed by atoms with Crippen molar-refractivity contribution in [3.05, 3.63) is 71.2 Å². The van der Waals surface area contributed by atoms with Crippen molar-refractivity contribution in [3.63, 3.8) is 0 Å². The van der Waals surface area contributed by atoms with Crippen molar-refractivity contribution in [2.45, 2.75) is 13.0 Å². The number of aromatic nitrogens is 3. The molecule has 0 aliphatic rings. The van der Waals surface area contributed by atoms with Gasteiger partial charge in [-0.2, -0.15) is 5.10 Å². The molecule has 0 spiro atoms. The van der Waals surface area contributed by atoms with Gasteiger partial charge in [0.2, 0.25) is 0 Å². The molecule has 1 atom stereocenters. The zero-order valence-electron chi connectivity index (χ0n) is 13.6. The van der Waals surface area contributed by atoms with Gasteiger partial charge in [0, 0.05) is 4.47 Å². The quantitative estimate of drug-likeness (QED) is 0.689. The van der Waals surface area contributed by atoms with Crippen molar-refractivity contribution < 1.29 is 9.53 Å². The van der Waals surface area contributed by atoms with Crippen molar-refractivity contribution >= 4 is 21.8 Å². The van der Waals surface area contributed by atoms with Crippen LogP contribution in [0.25, 0.3) is 5.69 Å². The van der Waals surface area contributed by atoms with E-state index in [1.165, 1.54) is 6.33 Å². The minimum absolute atomic E-state index is 0.0248. The highest BCUT2D eigenvalue weighted by atomic mass is 79.9. The highest BCUT2D eigenvalue weighted by molar-refractivity contribution is 9.10. The summed E-state index contributed by atoms with van der Waals surface area (Å²) in [4.78, 5) is 16.0. The normalized spacial score (nSPS) is 11.8. The molecule has 0 bridgehead atoms. The van der Waals surface area contributed by atoms with E-state index < -0.39 is 0 Å². The summed E-state index contributed by atoms with van der Waals surface area (Å²) < 4.78 is 8.12. The Morgan fingerprint density at radius 2 is 1.92 bits per heavy atom. The van der Waals surface area contributed by atoms with E-state index in [9.17, 15) is 4.79 Å². The molecule has 3 aromatic rings. The van der Waals surface area contributed by atoms with Gasteiger partial charge < -0.3 is 10.1 Å². The van der Waals surface area contributed by atoms with E-state index in [4.69, 9.17) is 4.74 Å². The Hall–Kier alpha value is -2.67. The average molecular weight is 401 g/mol. The lowest BCUT2D eigenvalue weighted by Gasteiger charge is -2.15. The molecule has 6 nitrogen and oxygen atoms in total. The van der Waals surface area contributed by atoms with Crippen LogP contribution in [0.2, 0.25) is 0 Å². The summed E-state index contributed by atoms with van der Waals surface area (Å²) in [5.41, 5.74) is 1.92. The molecule has 2 aromatic carbocycles. The predicted molar refractivity (Wildman–Crippen MR) is 97.6 cm³/mol. The van der Waals surface area contributed by atoms with Crippen LogP contribution in [-0.4, -0.2) is 27.3 Å². The minimum Gasteiger partial charge on any atom is -0.484 e. The molecule has 0 aliphatic carbocycles. The highest BCUT2D eigenvalue weighted by Gasteiger charge is 2.10. The number of hydrogen-bond donors (Lipinski definition) is 1. The van der Waals surface area contributed by atoms with Crippen molar-refractivity contribution in [1.29, 1.82) is 0 Å². The Kier molecular flexibility index (Phi) is 5.45. The maximum absolute atomic E-state index is 12.1. The van der Waals surface area contributed by atoms with Crippen LogP contribution in [0.5, 0.6) is 5.75 Å². The van der Waals surface area contributed by atoms with Crippen molar-refractivity contribution in [2.24, 2.45) is 0 Å². The first-order valence-electron chi connectivity index (χ1n) is 7.74. The van der Waals surface area contributed by atoms with Crippen LogP contribution in [0, 0.1) is 0 Å². The number of nitrogens with one attached hydrogen (secondary N) is 1. The molecule has 1 amide bonds. The Labute approximate surface area is 154 Å². The molecule has 0 fully saturated rings. The lowest BCUT2D eigenvalue weighted by Crippen LogP contribution is -2.31. The van der Waals surface area contributed by atoms with E-state index in [0.717, 1.165) is 15.7 Å². The number of ether oxygens (including phenoxy) is 1. The van der Waals surface area contributed by atoms with Crippen molar-refractivity contribution in [3.8, 4) is 11.4 Å². The summed E-state index contributed by atoms with van der Waals surface area (Å²) in [7, 11) is 0. The van der Waals surface area contributed by atoms with E-state index in [2.05, 4.69) is 31.3 Å². The molecule has 0 aliphatic heterocycles. The van der Waals surface area contributed by atoms with Crippen LogP contribution in [0.15, 0.2) is 65.7 Å². The fraction of sp³-hybridized carbons (Fsp3) is 0.167. The molecule has 128 valence electrons. The summed E-state index contributed by atoms with van der Waals surface area (Å²) in [5, 5.41) is 7.01. The van der Waals surface area contributed by atoms with Crippen LogP contribution < -0.4 is 10.1 Å². The maximum atomic E-state index is 12.1. The van der Waals surface area contributed by atoms with Crippen molar-refractivity contribution in [2.75, 3.05) is 6.61 Å². The van der Waals surface area contributed by atoms with Crippen LogP contribution in [0.1, 0.15) is 18.5 Å². The lowest BCUT2D eigenvalue weighted by atomic mass is 10.1. The van der Waals surface area contributed by atoms with Crippen LogP contribution in [0.4, 0.5) is 0 Å². The second-order valence-corrected chi connectivity index (χ2v) is 6.38. The largest absolute Gasteiger partial charge is 0.484 e. The smallest absolute Gasteiger partial charge is 0.258 e. The van der Waals surface area contributed by atoms with Gasteiger partial charge in [0.1, 0.15) is 18.4 Å². The second kappa shape index (κ2) is 7.94. The third-order valence-corrected chi connectivity index (χ3v) is 4.17. The summed E-state index contributed by atoms with van der Waals surface area (Å²) in [6.07, 6.45) is 3.13. The fourth-order valence-corrected chi connectivity index (χ4v) is 2.57. The monoisotopic (exact) mass is 400 g/mol. The average Bonchev–Trinajstić information content (AvgIpc) is 3.16. The van der Waals surface area contributed by atoms with E-state index >= 15 is 0 Å². The number of benzene rings is 2. The molecule has 3 rings (SSSR count). The highest BCUT2D eigenvalue weighted by Crippen LogP contribution is 2.17. The van der Waals surface area contributed by atoms with Gasteiger partial charge in [-0.15, -0.1) is 0 Å². The number of amides is 1. The third-order valence-electron chi connectivity index (χ3n) is 3.64. The molecule has 25 heavy (non-hydrogen) atoms. The molecule has 0 saturated carbocycles. The summed E-state index contributed by atoms with van der Waals surface area (Å²) in [6, 6.07) is 15.0. The molecule has 1 heterocycles. The summed E-state index contributed by atoms with van der Waals surface area (Å²) >= 11 is 3.36. The fourth-order valence-electron chi connectivity index (χ4n) is 2.30. The van der Waals surface area contributed by atoms with Gasteiger partial charge in [0.15, 0.2) is 6.61 Å². The van der Waals surface area contributed by atoms with Crippen LogP contribution in [0.3, 0.4) is 0 Å². The van der Waals surface area contributed by atoms with Gasteiger partial charge in [-0.1, -0.05) is 28.1 Å². The Morgan fingerprint density at radius 3 is 2.56 bits per heavy atom. The third kappa shape index (κ3) is 4.67. The number of nitrogens with zero attached hydrogens (tertiary/aromatic N) is 3. The lowest BCUT2D eigenvalue weighted by molar-refractivity contribution is -0.123. The second-order valence-electron chi connectivity index (χ2n) is 5.46. The number of carbonyl (C=O) groups excluding carboxylic acids is 1. The van der Waals surface area contributed by atoms with Gasteiger partial charge in [-0.05, 0) is 48.9 Å². The van der Waals surface area contributed by atoms with Gasteiger partial charge in [0.25, 0.3) is 5.91 Å². The molecule has 7 heteroatoms. The SMILES string of the molecule is CC(NC(=O)COc1ccc(Br)cc1)c1ccc(-n2cncn2)cc1. The Bertz CT molecular complexity index is 817. The molecule has 0 radical (unpaired) electrons. The topological polar surface area (TPSA) is 69.0 Å².